The van der Waals surface area contributed by atoms with Gasteiger partial charge in [-0.05, 0) is 5.19 Å². The number of hydrogen-bond acceptors (Lipinski definition) is 3. The molecule has 3 N–H and O–H groups in total. The van der Waals surface area contributed by atoms with Crippen molar-refractivity contribution in [3.8, 4) is 0 Å². The minimum absolute atomic E-state index is 0.680. The Labute approximate surface area is 87.0 Å². The fourth-order valence-corrected chi connectivity index (χ4v) is 3.13. The molecule has 0 aliphatic carbocycles. The molecule has 0 saturated heterocycles. The van der Waals surface area contributed by atoms with Crippen LogP contribution in [0.5, 0.6) is 0 Å². The zero-order chi connectivity index (χ0) is 10.2. The Bertz CT molecular complexity index is 243. The van der Waals surface area contributed by atoms with Crippen molar-refractivity contribution in [1.29, 1.82) is 0 Å². The Morgan fingerprint density at radius 3 is 2.64 bits per heavy atom. The molecule has 0 aromatic heterocycles. The first-order valence-corrected chi connectivity index (χ1v) is 6.73. The van der Waals surface area contributed by atoms with E-state index in [0.717, 1.165) is 12.7 Å². The highest BCUT2D eigenvalue weighted by Gasteiger charge is 2.11. The van der Waals surface area contributed by atoms with Crippen LogP contribution in [0.2, 0.25) is 0 Å². The zero-order valence-corrected chi connectivity index (χ0v) is 9.73. The van der Waals surface area contributed by atoms with Gasteiger partial charge in [0.15, 0.2) is 0 Å². The third kappa shape index (κ3) is 3.59. The Balaban J connectivity index is 2.46. The lowest BCUT2D eigenvalue weighted by Gasteiger charge is -2.14. The van der Waals surface area contributed by atoms with Gasteiger partial charge in [-0.1, -0.05) is 30.3 Å². The van der Waals surface area contributed by atoms with Gasteiger partial charge >= 0.3 is 0 Å². The van der Waals surface area contributed by atoms with Gasteiger partial charge in [0.2, 0.25) is 9.04 Å². The molecule has 1 aromatic rings. The Morgan fingerprint density at radius 2 is 2.07 bits per heavy atom. The van der Waals surface area contributed by atoms with E-state index in [-0.39, 0.29) is 0 Å². The summed E-state index contributed by atoms with van der Waals surface area (Å²) in [6.45, 7) is 1.54. The van der Waals surface area contributed by atoms with E-state index >= 15 is 0 Å². The topological polar surface area (TPSA) is 47.3 Å². The minimum Gasteiger partial charge on any atom is -0.417 e. The van der Waals surface area contributed by atoms with E-state index in [0.29, 0.717) is 6.54 Å². The van der Waals surface area contributed by atoms with Crippen LogP contribution in [0.15, 0.2) is 30.3 Å². The van der Waals surface area contributed by atoms with Crippen molar-refractivity contribution >= 4 is 14.2 Å². The second kappa shape index (κ2) is 6.72. The SMILES string of the molecule is CO[SiH](CNCCN)c1ccccc1. The standard InChI is InChI=1S/C10H18N2OSi/c1-13-14(9-12-8-7-11)10-5-3-2-4-6-10/h2-6,12,14H,7-9,11H2,1H3. The molecule has 3 nitrogen and oxygen atoms in total. The predicted molar refractivity (Wildman–Crippen MR) is 62.2 cm³/mol. The third-order valence-electron chi connectivity index (χ3n) is 2.11. The maximum absolute atomic E-state index is 5.52. The van der Waals surface area contributed by atoms with Crippen LogP contribution in [0.25, 0.3) is 0 Å². The van der Waals surface area contributed by atoms with Gasteiger partial charge in [0.1, 0.15) is 0 Å². The largest absolute Gasteiger partial charge is 0.417 e. The van der Waals surface area contributed by atoms with Crippen LogP contribution in [0, 0.1) is 0 Å². The molecule has 0 saturated carbocycles. The van der Waals surface area contributed by atoms with Crippen molar-refractivity contribution in [2.45, 2.75) is 0 Å². The van der Waals surface area contributed by atoms with Crippen LogP contribution in [0.3, 0.4) is 0 Å². The van der Waals surface area contributed by atoms with Gasteiger partial charge in [-0.15, -0.1) is 0 Å². The first-order valence-electron chi connectivity index (χ1n) is 4.87. The molecule has 0 aliphatic heterocycles. The quantitative estimate of drug-likeness (QED) is 0.485. The molecule has 0 spiro atoms. The Kier molecular flexibility index (Phi) is 5.47. The predicted octanol–water partition coefficient (Wildman–Crippen LogP) is -0.649. The summed E-state index contributed by atoms with van der Waals surface area (Å²) in [5.41, 5.74) is 5.41. The van der Waals surface area contributed by atoms with Gasteiger partial charge in [-0.3, -0.25) is 0 Å². The number of hydrogen-bond donors (Lipinski definition) is 2. The fourth-order valence-electron chi connectivity index (χ4n) is 1.34. The molecular weight excluding hydrogens is 192 g/mol. The van der Waals surface area contributed by atoms with Crippen LogP contribution < -0.4 is 16.2 Å². The molecule has 0 radical (unpaired) electrons. The molecule has 0 aliphatic rings. The summed E-state index contributed by atoms with van der Waals surface area (Å²) in [4.78, 5) is 0. The lowest BCUT2D eigenvalue weighted by Crippen LogP contribution is -2.43. The highest BCUT2D eigenvalue weighted by Crippen LogP contribution is 1.88. The van der Waals surface area contributed by atoms with Gasteiger partial charge in [-0.2, -0.15) is 0 Å². The van der Waals surface area contributed by atoms with Crippen LogP contribution in [0.4, 0.5) is 0 Å². The van der Waals surface area contributed by atoms with Crippen molar-refractivity contribution in [3.63, 3.8) is 0 Å². The zero-order valence-electron chi connectivity index (χ0n) is 8.57. The molecule has 0 fully saturated rings. The summed E-state index contributed by atoms with van der Waals surface area (Å²) < 4.78 is 5.52. The molecule has 1 aromatic carbocycles. The molecule has 4 heteroatoms. The average Bonchev–Trinajstić information content (AvgIpc) is 2.26. The first kappa shape index (κ1) is 11.4. The molecule has 78 valence electrons. The van der Waals surface area contributed by atoms with E-state index in [1.54, 1.807) is 7.11 Å². The Morgan fingerprint density at radius 1 is 1.36 bits per heavy atom. The summed E-state index contributed by atoms with van der Waals surface area (Å²) in [6, 6.07) is 10.4. The lowest BCUT2D eigenvalue weighted by atomic mass is 10.4. The Hall–Kier alpha value is -0.683. The molecule has 1 rings (SSSR count). The number of nitrogens with one attached hydrogen (secondary N) is 1. The highest BCUT2D eigenvalue weighted by molar-refractivity contribution is 6.67. The summed E-state index contributed by atoms with van der Waals surface area (Å²) in [5, 5.41) is 4.63. The second-order valence-electron chi connectivity index (χ2n) is 3.13. The number of benzene rings is 1. The molecule has 0 bridgehead atoms. The van der Waals surface area contributed by atoms with Gasteiger partial charge in [0, 0.05) is 26.4 Å². The monoisotopic (exact) mass is 210 g/mol. The van der Waals surface area contributed by atoms with Crippen molar-refractivity contribution < 1.29 is 4.43 Å². The van der Waals surface area contributed by atoms with Crippen LogP contribution in [-0.4, -0.2) is 35.4 Å². The molecule has 0 amide bonds. The lowest BCUT2D eigenvalue weighted by molar-refractivity contribution is 0.425. The summed E-state index contributed by atoms with van der Waals surface area (Å²) in [7, 11) is 0.516. The summed E-state index contributed by atoms with van der Waals surface area (Å²) >= 11 is 0. The van der Waals surface area contributed by atoms with Crippen LogP contribution >= 0.6 is 0 Å². The molecule has 1 atom stereocenters. The van der Waals surface area contributed by atoms with E-state index in [1.165, 1.54) is 5.19 Å². The molecule has 0 heterocycles. The molecule has 14 heavy (non-hydrogen) atoms. The normalized spacial score (nSPS) is 12.7. The van der Waals surface area contributed by atoms with Crippen molar-refractivity contribution in [3.05, 3.63) is 30.3 Å². The molecule has 1 unspecified atom stereocenters. The van der Waals surface area contributed by atoms with E-state index in [1.807, 2.05) is 6.07 Å². The number of nitrogens with two attached hydrogens (primary N) is 1. The van der Waals surface area contributed by atoms with Crippen LogP contribution in [0.1, 0.15) is 0 Å². The number of rotatable bonds is 6. The van der Waals surface area contributed by atoms with Gasteiger partial charge < -0.3 is 15.5 Å². The minimum atomic E-state index is -1.27. The second-order valence-corrected chi connectivity index (χ2v) is 5.65. The van der Waals surface area contributed by atoms with Crippen molar-refractivity contribution in [1.82, 2.24) is 5.32 Å². The van der Waals surface area contributed by atoms with Crippen molar-refractivity contribution in [2.75, 3.05) is 26.4 Å². The van der Waals surface area contributed by atoms with Gasteiger partial charge in [0.25, 0.3) is 0 Å². The van der Waals surface area contributed by atoms with E-state index < -0.39 is 9.04 Å². The first-order chi connectivity index (χ1) is 6.88. The highest BCUT2D eigenvalue weighted by atomic mass is 28.3. The maximum Gasteiger partial charge on any atom is 0.221 e. The van der Waals surface area contributed by atoms with E-state index in [2.05, 4.69) is 29.6 Å². The maximum atomic E-state index is 5.52. The molecular formula is C10H18N2OSi. The average molecular weight is 210 g/mol. The van der Waals surface area contributed by atoms with E-state index in [4.69, 9.17) is 10.2 Å². The third-order valence-corrected chi connectivity index (χ3v) is 4.46. The summed E-state index contributed by atoms with van der Waals surface area (Å²) in [6.07, 6.45) is 0.942. The van der Waals surface area contributed by atoms with Crippen molar-refractivity contribution in [2.24, 2.45) is 5.73 Å². The van der Waals surface area contributed by atoms with Gasteiger partial charge in [0.05, 0.1) is 0 Å². The van der Waals surface area contributed by atoms with Crippen LogP contribution in [-0.2, 0) is 4.43 Å². The fraction of sp³-hybridized carbons (Fsp3) is 0.400. The van der Waals surface area contributed by atoms with E-state index in [9.17, 15) is 0 Å². The smallest absolute Gasteiger partial charge is 0.221 e. The van der Waals surface area contributed by atoms with Gasteiger partial charge in [-0.25, -0.2) is 0 Å². The summed E-state index contributed by atoms with van der Waals surface area (Å²) in [5.74, 6) is 0.